The van der Waals surface area contributed by atoms with Gasteiger partial charge in [-0.05, 0) is 102 Å². The van der Waals surface area contributed by atoms with Gasteiger partial charge in [0.05, 0.1) is 0 Å². The van der Waals surface area contributed by atoms with Crippen LogP contribution >= 0.6 is 22.7 Å². The van der Waals surface area contributed by atoms with E-state index in [0.29, 0.717) is 0 Å². The number of fused-ring (bicyclic) bond motifs is 5. The molecule has 2 aromatic heterocycles. The van der Waals surface area contributed by atoms with Gasteiger partial charge in [-0.2, -0.15) is 0 Å². The summed E-state index contributed by atoms with van der Waals surface area (Å²) in [6.45, 7) is 0. The van der Waals surface area contributed by atoms with Gasteiger partial charge in [0.25, 0.3) is 0 Å². The normalized spacial score (nSPS) is 12.2. The number of rotatable bonds is 3. The molecule has 9 aromatic carbocycles. The summed E-state index contributed by atoms with van der Waals surface area (Å²) in [6, 6.07) is 58.9. The number of benzene rings is 9. The van der Waals surface area contributed by atoms with Crippen molar-refractivity contribution in [3.8, 4) is 33.4 Å². The summed E-state index contributed by atoms with van der Waals surface area (Å²) in [5.41, 5.74) is 7.72. The van der Waals surface area contributed by atoms with Crippen LogP contribution in [0.5, 0.6) is 0 Å². The predicted molar refractivity (Wildman–Crippen MR) is 212 cm³/mol. The third-order valence-electron chi connectivity index (χ3n) is 10.2. The van der Waals surface area contributed by atoms with E-state index in [0.717, 1.165) is 0 Å². The largest absolute Gasteiger partial charge is 0.135 e. The van der Waals surface area contributed by atoms with Crippen LogP contribution in [0.1, 0.15) is 0 Å². The molecule has 0 amide bonds. The number of hydrogen-bond donors (Lipinski definition) is 0. The molecule has 2 heteroatoms. The van der Waals surface area contributed by atoms with E-state index in [4.69, 9.17) is 0 Å². The topological polar surface area (TPSA) is 0 Å². The summed E-state index contributed by atoms with van der Waals surface area (Å²) < 4.78 is 5.38. The first kappa shape index (κ1) is 26.5. The van der Waals surface area contributed by atoms with Gasteiger partial charge < -0.3 is 0 Å². The van der Waals surface area contributed by atoms with Crippen molar-refractivity contribution in [3.63, 3.8) is 0 Å². The summed E-state index contributed by atoms with van der Waals surface area (Å²) in [7, 11) is 0. The average molecular weight is 643 g/mol. The Hall–Kier alpha value is -5.54. The smallest absolute Gasteiger partial charge is 0.0361 e. The van der Waals surface area contributed by atoms with Gasteiger partial charge >= 0.3 is 0 Å². The van der Waals surface area contributed by atoms with Crippen LogP contribution < -0.4 is 0 Å². The Balaban J connectivity index is 1.20. The van der Waals surface area contributed by atoms with Crippen molar-refractivity contribution in [1.29, 1.82) is 0 Å². The third kappa shape index (κ3) is 3.70. The lowest BCUT2D eigenvalue weighted by Crippen LogP contribution is -1.92. The fourth-order valence-corrected chi connectivity index (χ4v) is 10.4. The molecule has 0 bridgehead atoms. The fraction of sp³-hybridized carbons (Fsp3) is 0. The molecule has 0 aliphatic carbocycles. The minimum Gasteiger partial charge on any atom is -0.135 e. The maximum absolute atomic E-state index is 2.44. The van der Waals surface area contributed by atoms with Gasteiger partial charge in [-0.3, -0.25) is 0 Å². The molecule has 0 nitrogen and oxygen atoms in total. The predicted octanol–water partition coefficient (Wildman–Crippen LogP) is 14.3. The summed E-state index contributed by atoms with van der Waals surface area (Å²) >= 11 is 3.79. The van der Waals surface area contributed by atoms with E-state index >= 15 is 0 Å². The van der Waals surface area contributed by atoms with Crippen LogP contribution in [0.15, 0.2) is 158 Å². The average Bonchev–Trinajstić information content (AvgIpc) is 3.72. The van der Waals surface area contributed by atoms with Crippen molar-refractivity contribution in [3.05, 3.63) is 158 Å². The zero-order chi connectivity index (χ0) is 31.3. The fourth-order valence-electron chi connectivity index (χ4n) is 8.15. The highest BCUT2D eigenvalue weighted by Crippen LogP contribution is 2.50. The molecule has 0 spiro atoms. The summed E-state index contributed by atoms with van der Waals surface area (Å²) in [6.07, 6.45) is 0. The van der Waals surface area contributed by atoms with Crippen molar-refractivity contribution < 1.29 is 0 Å². The molecular weight excluding hydrogens is 617 g/mol. The first-order valence-electron chi connectivity index (χ1n) is 16.4. The van der Waals surface area contributed by atoms with Crippen LogP contribution in [0.3, 0.4) is 0 Å². The molecule has 0 saturated heterocycles. The standard InChI is InChI=1S/C46H26S2/c1-2-10-27(11-3-1)28-20-22-31-37-24-30(21-23-39(37)47-42(31)26-28)43-32-13-4-6-15-34(32)45(35-16-7-5-14-33(35)43)38-25-29-12-8-18-40-44(29)46-36(38)17-9-19-41(46)48-40/h1-26H. The van der Waals surface area contributed by atoms with Crippen molar-refractivity contribution >= 4 is 95.3 Å². The lowest BCUT2D eigenvalue weighted by molar-refractivity contribution is 1.66. The Labute approximate surface area is 285 Å². The highest BCUT2D eigenvalue weighted by atomic mass is 32.1. The highest BCUT2D eigenvalue weighted by Gasteiger charge is 2.21. The summed E-state index contributed by atoms with van der Waals surface area (Å²) in [4.78, 5) is 0. The molecule has 0 aliphatic heterocycles. The third-order valence-corrected chi connectivity index (χ3v) is 12.5. The van der Waals surface area contributed by atoms with Crippen LogP contribution in [-0.4, -0.2) is 0 Å². The number of thiophene rings is 2. The molecule has 0 N–H and O–H groups in total. The molecule has 2 heterocycles. The van der Waals surface area contributed by atoms with Gasteiger partial charge in [-0.15, -0.1) is 22.7 Å². The maximum Gasteiger partial charge on any atom is 0.0361 e. The van der Waals surface area contributed by atoms with Gasteiger partial charge in [0, 0.05) is 40.3 Å². The monoisotopic (exact) mass is 642 g/mol. The molecular formula is C46H26S2. The molecule has 0 unspecified atom stereocenters. The molecule has 48 heavy (non-hydrogen) atoms. The Kier molecular flexibility index (Phi) is 5.51. The van der Waals surface area contributed by atoms with Gasteiger partial charge in [-0.1, -0.05) is 121 Å². The molecule has 0 aliphatic rings. The quantitative estimate of drug-likeness (QED) is 0.133. The Morgan fingerprint density at radius 3 is 1.69 bits per heavy atom. The second-order valence-corrected chi connectivity index (χ2v) is 15.0. The zero-order valence-electron chi connectivity index (χ0n) is 25.8. The van der Waals surface area contributed by atoms with Crippen LogP contribution in [0, 0.1) is 0 Å². The Morgan fingerprint density at radius 2 is 0.917 bits per heavy atom. The zero-order valence-corrected chi connectivity index (χ0v) is 27.5. The van der Waals surface area contributed by atoms with E-state index < -0.39 is 0 Å². The van der Waals surface area contributed by atoms with E-state index in [1.165, 1.54) is 106 Å². The van der Waals surface area contributed by atoms with E-state index in [9.17, 15) is 0 Å². The van der Waals surface area contributed by atoms with E-state index in [-0.39, 0.29) is 0 Å². The summed E-state index contributed by atoms with van der Waals surface area (Å²) in [5, 5.41) is 13.3. The maximum atomic E-state index is 2.44. The lowest BCUT2D eigenvalue weighted by Gasteiger charge is -2.19. The second-order valence-electron chi connectivity index (χ2n) is 12.8. The molecule has 0 radical (unpaired) electrons. The molecule has 0 saturated carbocycles. The minimum absolute atomic E-state index is 1.26. The van der Waals surface area contributed by atoms with E-state index in [1.54, 1.807) is 0 Å². The van der Waals surface area contributed by atoms with Crippen molar-refractivity contribution in [2.45, 2.75) is 0 Å². The van der Waals surface area contributed by atoms with E-state index in [1.807, 2.05) is 22.7 Å². The highest BCUT2D eigenvalue weighted by molar-refractivity contribution is 7.26. The van der Waals surface area contributed by atoms with Crippen molar-refractivity contribution in [2.24, 2.45) is 0 Å². The molecule has 11 rings (SSSR count). The Bertz CT molecular complexity index is 2990. The van der Waals surface area contributed by atoms with Crippen molar-refractivity contribution in [1.82, 2.24) is 0 Å². The molecule has 0 fully saturated rings. The van der Waals surface area contributed by atoms with Gasteiger partial charge in [0.2, 0.25) is 0 Å². The molecule has 0 atom stereocenters. The van der Waals surface area contributed by atoms with Crippen molar-refractivity contribution in [2.75, 3.05) is 0 Å². The Morgan fingerprint density at radius 1 is 0.292 bits per heavy atom. The minimum atomic E-state index is 1.26. The lowest BCUT2D eigenvalue weighted by atomic mass is 9.83. The van der Waals surface area contributed by atoms with Crippen LogP contribution in [0.25, 0.3) is 106 Å². The molecule has 222 valence electrons. The SMILES string of the molecule is c1ccc(-c2ccc3c(c2)sc2ccc(-c4c5ccccc5c(-c5cc6cccc7sc8cccc5c8c67)c5ccccc45)cc23)cc1. The van der Waals surface area contributed by atoms with Crippen LogP contribution in [-0.2, 0) is 0 Å². The van der Waals surface area contributed by atoms with Gasteiger partial charge in [-0.25, -0.2) is 0 Å². The van der Waals surface area contributed by atoms with Gasteiger partial charge in [0.15, 0.2) is 0 Å². The first-order chi connectivity index (χ1) is 23.8. The van der Waals surface area contributed by atoms with E-state index in [2.05, 4.69) is 158 Å². The first-order valence-corrected chi connectivity index (χ1v) is 18.1. The van der Waals surface area contributed by atoms with Crippen LogP contribution in [0.4, 0.5) is 0 Å². The van der Waals surface area contributed by atoms with Gasteiger partial charge in [0.1, 0.15) is 0 Å². The summed E-state index contributed by atoms with van der Waals surface area (Å²) in [5.74, 6) is 0. The number of hydrogen-bond acceptors (Lipinski definition) is 2. The van der Waals surface area contributed by atoms with Crippen LogP contribution in [0.2, 0.25) is 0 Å². The second kappa shape index (κ2) is 9.98. The molecule has 11 aromatic rings.